The number of nitrogens with one attached hydrogen (secondary N) is 2. The van der Waals surface area contributed by atoms with E-state index in [9.17, 15) is 8.42 Å². The minimum atomic E-state index is -3.13. The van der Waals surface area contributed by atoms with Gasteiger partial charge in [-0.2, -0.15) is 0 Å². The highest BCUT2D eigenvalue weighted by Crippen LogP contribution is 2.13. The van der Waals surface area contributed by atoms with Crippen LogP contribution in [0.4, 0.5) is 0 Å². The zero-order valence-electron chi connectivity index (χ0n) is 13.1. The van der Waals surface area contributed by atoms with E-state index >= 15 is 0 Å². The van der Waals surface area contributed by atoms with E-state index in [1.54, 1.807) is 14.0 Å². The molecule has 2 N–H and O–H groups in total. The molecular weight excluding hydrogens is 288 g/mol. The summed E-state index contributed by atoms with van der Waals surface area (Å²) in [5.41, 5.74) is 1.25. The molecule has 0 aromatic heterocycles. The molecule has 0 amide bonds. The van der Waals surface area contributed by atoms with E-state index in [2.05, 4.69) is 29.1 Å². The van der Waals surface area contributed by atoms with Crippen LogP contribution >= 0.6 is 0 Å². The van der Waals surface area contributed by atoms with Gasteiger partial charge in [0.05, 0.1) is 12.9 Å². The molecule has 5 nitrogen and oxygen atoms in total. The highest BCUT2D eigenvalue weighted by Gasteiger charge is 2.09. The maximum Gasteiger partial charge on any atom is 0.212 e. The number of rotatable bonds is 10. The summed E-state index contributed by atoms with van der Waals surface area (Å²) >= 11 is 0. The Morgan fingerprint density at radius 1 is 1.24 bits per heavy atom. The number of sulfonamides is 1. The third kappa shape index (κ3) is 7.45. The highest BCUT2D eigenvalue weighted by molar-refractivity contribution is 7.89. The smallest absolute Gasteiger partial charge is 0.212 e. The summed E-state index contributed by atoms with van der Waals surface area (Å²) in [5, 5.41) is 3.25. The fourth-order valence-corrected chi connectivity index (χ4v) is 2.98. The molecule has 120 valence electrons. The Morgan fingerprint density at radius 3 is 2.48 bits per heavy atom. The van der Waals surface area contributed by atoms with Gasteiger partial charge in [-0.05, 0) is 37.5 Å². The quantitative estimate of drug-likeness (QED) is 0.687. The third-order valence-electron chi connectivity index (χ3n) is 3.25. The van der Waals surface area contributed by atoms with Crippen molar-refractivity contribution < 1.29 is 13.2 Å². The number of benzene rings is 1. The number of methoxy groups -OCH3 is 1. The molecule has 0 aliphatic rings. The Hall–Kier alpha value is -1.11. The second-order valence-electron chi connectivity index (χ2n) is 5.06. The van der Waals surface area contributed by atoms with Crippen molar-refractivity contribution in [3.05, 3.63) is 29.8 Å². The fraction of sp³-hybridized carbons (Fsp3) is 0.600. The summed E-state index contributed by atoms with van der Waals surface area (Å²) < 4.78 is 30.6. The van der Waals surface area contributed by atoms with Crippen LogP contribution in [-0.2, 0) is 16.4 Å². The molecule has 1 aromatic rings. The molecule has 0 bridgehead atoms. The van der Waals surface area contributed by atoms with Gasteiger partial charge in [-0.3, -0.25) is 0 Å². The average Bonchev–Trinajstić information content (AvgIpc) is 2.45. The first-order valence-electron chi connectivity index (χ1n) is 7.30. The van der Waals surface area contributed by atoms with Gasteiger partial charge in [0.1, 0.15) is 5.75 Å². The predicted octanol–water partition coefficient (Wildman–Crippen LogP) is 1.55. The van der Waals surface area contributed by atoms with Crippen LogP contribution in [0, 0.1) is 0 Å². The van der Waals surface area contributed by atoms with Crippen molar-refractivity contribution in [2.75, 3.05) is 26.0 Å². The van der Waals surface area contributed by atoms with Crippen LogP contribution in [0.3, 0.4) is 0 Å². The van der Waals surface area contributed by atoms with E-state index in [0.717, 1.165) is 18.6 Å². The van der Waals surface area contributed by atoms with Gasteiger partial charge < -0.3 is 10.1 Å². The minimum absolute atomic E-state index is 0.119. The van der Waals surface area contributed by atoms with E-state index in [1.165, 1.54) is 5.56 Å². The Balaban J connectivity index is 2.26. The van der Waals surface area contributed by atoms with Crippen molar-refractivity contribution >= 4 is 10.0 Å². The van der Waals surface area contributed by atoms with Crippen LogP contribution in [0.15, 0.2) is 24.3 Å². The van der Waals surface area contributed by atoms with E-state index in [-0.39, 0.29) is 11.8 Å². The van der Waals surface area contributed by atoms with Crippen molar-refractivity contribution in [2.24, 2.45) is 0 Å². The summed E-state index contributed by atoms with van der Waals surface area (Å²) in [5.74, 6) is 0.979. The Labute approximate surface area is 128 Å². The van der Waals surface area contributed by atoms with Gasteiger partial charge in [0, 0.05) is 19.1 Å². The number of ether oxygens (including phenoxy) is 1. The predicted molar refractivity (Wildman–Crippen MR) is 86.2 cm³/mol. The largest absolute Gasteiger partial charge is 0.497 e. The lowest BCUT2D eigenvalue weighted by molar-refractivity contribution is 0.414. The highest BCUT2D eigenvalue weighted by atomic mass is 32.2. The lowest BCUT2D eigenvalue weighted by atomic mass is 10.1. The second-order valence-corrected chi connectivity index (χ2v) is 6.99. The first kappa shape index (κ1) is 17.9. The molecule has 1 rings (SSSR count). The van der Waals surface area contributed by atoms with Gasteiger partial charge >= 0.3 is 0 Å². The van der Waals surface area contributed by atoms with E-state index in [1.807, 2.05) is 12.1 Å². The molecule has 21 heavy (non-hydrogen) atoms. The van der Waals surface area contributed by atoms with Gasteiger partial charge in [0.25, 0.3) is 0 Å². The van der Waals surface area contributed by atoms with E-state index in [4.69, 9.17) is 4.74 Å². The van der Waals surface area contributed by atoms with Gasteiger partial charge in [-0.25, -0.2) is 13.1 Å². The number of hydrogen-bond donors (Lipinski definition) is 2. The third-order valence-corrected chi connectivity index (χ3v) is 4.72. The summed E-state index contributed by atoms with van der Waals surface area (Å²) in [6.07, 6.45) is 1.92. The lowest BCUT2D eigenvalue weighted by Crippen LogP contribution is -2.35. The molecule has 1 atom stereocenters. The topological polar surface area (TPSA) is 67.4 Å². The van der Waals surface area contributed by atoms with Crippen molar-refractivity contribution in [1.82, 2.24) is 10.0 Å². The summed E-state index contributed by atoms with van der Waals surface area (Å²) in [4.78, 5) is 0. The molecule has 0 saturated heterocycles. The van der Waals surface area contributed by atoms with E-state index in [0.29, 0.717) is 13.1 Å². The van der Waals surface area contributed by atoms with Crippen LogP contribution in [0.1, 0.15) is 25.8 Å². The molecule has 0 radical (unpaired) electrons. The minimum Gasteiger partial charge on any atom is -0.497 e. The molecular formula is C15H26N2O3S. The van der Waals surface area contributed by atoms with Gasteiger partial charge in [0.15, 0.2) is 0 Å². The average molecular weight is 314 g/mol. The molecule has 0 fully saturated rings. The Kier molecular flexibility index (Phi) is 7.71. The Morgan fingerprint density at radius 2 is 1.90 bits per heavy atom. The molecule has 1 unspecified atom stereocenters. The molecule has 0 heterocycles. The van der Waals surface area contributed by atoms with Crippen molar-refractivity contribution in [3.63, 3.8) is 0 Å². The zero-order valence-corrected chi connectivity index (χ0v) is 13.9. The van der Waals surface area contributed by atoms with Gasteiger partial charge in [0.2, 0.25) is 10.0 Å². The molecule has 0 saturated carbocycles. The standard InChI is InChI=1S/C15H26N2O3S/c1-4-17-21(18,19)12-11-16-13(2)5-6-14-7-9-15(20-3)10-8-14/h7-10,13,16-17H,4-6,11-12H2,1-3H3. The molecule has 0 aliphatic heterocycles. The molecule has 1 aromatic carbocycles. The zero-order chi connectivity index (χ0) is 15.7. The second kappa shape index (κ2) is 9.02. The number of aryl methyl sites for hydroxylation is 1. The number of hydrogen-bond acceptors (Lipinski definition) is 4. The van der Waals surface area contributed by atoms with Crippen molar-refractivity contribution in [1.29, 1.82) is 0 Å². The summed E-state index contributed by atoms with van der Waals surface area (Å²) in [6.45, 7) is 4.76. The normalized spacial score (nSPS) is 13.1. The molecule has 6 heteroatoms. The van der Waals surface area contributed by atoms with Crippen LogP contribution < -0.4 is 14.8 Å². The fourth-order valence-electron chi connectivity index (χ4n) is 2.01. The first-order chi connectivity index (χ1) is 9.96. The summed E-state index contributed by atoms with van der Waals surface area (Å²) in [6, 6.07) is 8.30. The van der Waals surface area contributed by atoms with Crippen LogP contribution in [0.25, 0.3) is 0 Å². The van der Waals surface area contributed by atoms with Crippen LogP contribution in [0.2, 0.25) is 0 Å². The van der Waals surface area contributed by atoms with Crippen molar-refractivity contribution in [3.8, 4) is 5.75 Å². The van der Waals surface area contributed by atoms with Gasteiger partial charge in [-0.15, -0.1) is 0 Å². The van der Waals surface area contributed by atoms with Crippen LogP contribution in [-0.4, -0.2) is 40.4 Å². The van der Waals surface area contributed by atoms with E-state index < -0.39 is 10.0 Å². The SMILES string of the molecule is CCNS(=O)(=O)CCNC(C)CCc1ccc(OC)cc1. The van der Waals surface area contributed by atoms with Crippen LogP contribution in [0.5, 0.6) is 5.75 Å². The molecule has 0 spiro atoms. The maximum atomic E-state index is 11.5. The first-order valence-corrected chi connectivity index (χ1v) is 8.95. The monoisotopic (exact) mass is 314 g/mol. The van der Waals surface area contributed by atoms with Gasteiger partial charge in [-0.1, -0.05) is 19.1 Å². The van der Waals surface area contributed by atoms with Crippen molar-refractivity contribution in [2.45, 2.75) is 32.7 Å². The molecule has 0 aliphatic carbocycles. The summed E-state index contributed by atoms with van der Waals surface area (Å²) in [7, 11) is -1.47. The Bertz CT molecular complexity index is 500. The lowest BCUT2D eigenvalue weighted by Gasteiger charge is -2.14. The maximum absolute atomic E-state index is 11.5.